The van der Waals surface area contributed by atoms with Gasteiger partial charge in [-0.05, 0) is 60.4 Å². The van der Waals surface area contributed by atoms with Gasteiger partial charge in [-0.3, -0.25) is 9.69 Å². The molecule has 2 heterocycles. The smallest absolute Gasteiger partial charge is 0.372 e. The molecule has 2 aliphatic rings. The topological polar surface area (TPSA) is 66.9 Å². The second kappa shape index (κ2) is 8.62. The Morgan fingerprint density at radius 2 is 1.82 bits per heavy atom. The summed E-state index contributed by atoms with van der Waals surface area (Å²) >= 11 is 0. The standard InChI is InChI=1S/C23H24F4N2O4S/c1-28-20-5-4-18(9-15(20)3-6-21(28)30)34(31,32)19-11-16(10-17(24)12-19)22(33-2)7-8-29(13-22)14-23(25,26)27/h4-5,9-12H,3,6-8,13-14H2,1-2H3. The molecule has 0 aliphatic carbocycles. The van der Waals surface area contributed by atoms with Crippen molar-refractivity contribution in [3.05, 3.63) is 53.3 Å². The SMILES string of the molecule is COC1(c2cc(F)cc(S(=O)(=O)c3ccc4c(c3)CCC(=O)N4C)c2)CCN(CC(F)(F)F)C1. The number of likely N-dealkylation sites (tertiary alicyclic amines) is 1. The van der Waals surface area contributed by atoms with Gasteiger partial charge in [0.15, 0.2) is 0 Å². The zero-order valence-corrected chi connectivity index (χ0v) is 19.5. The number of hydrogen-bond acceptors (Lipinski definition) is 5. The molecule has 2 aliphatic heterocycles. The monoisotopic (exact) mass is 500 g/mol. The van der Waals surface area contributed by atoms with E-state index < -0.39 is 34.0 Å². The largest absolute Gasteiger partial charge is 0.401 e. The molecule has 1 atom stereocenters. The van der Waals surface area contributed by atoms with Gasteiger partial charge in [0.2, 0.25) is 15.7 Å². The number of carbonyl (C=O) groups is 1. The molecule has 0 saturated carbocycles. The average molecular weight is 501 g/mol. The van der Waals surface area contributed by atoms with Gasteiger partial charge in [0, 0.05) is 39.4 Å². The molecule has 6 nitrogen and oxygen atoms in total. The first-order chi connectivity index (χ1) is 15.8. The molecule has 0 bridgehead atoms. The summed E-state index contributed by atoms with van der Waals surface area (Å²) in [4.78, 5) is 14.2. The van der Waals surface area contributed by atoms with Gasteiger partial charge in [0.05, 0.1) is 16.3 Å². The second-order valence-electron chi connectivity index (χ2n) is 8.70. The van der Waals surface area contributed by atoms with Crippen LogP contribution in [0.5, 0.6) is 0 Å². The molecule has 0 spiro atoms. The van der Waals surface area contributed by atoms with E-state index in [2.05, 4.69) is 0 Å². The number of nitrogens with zero attached hydrogens (tertiary/aromatic N) is 2. The zero-order valence-electron chi connectivity index (χ0n) is 18.7. The summed E-state index contributed by atoms with van der Waals surface area (Å²) in [5.74, 6) is -0.899. The third kappa shape index (κ3) is 4.56. The molecule has 2 aromatic carbocycles. The molecular formula is C23H24F4N2O4S. The van der Waals surface area contributed by atoms with Crippen LogP contribution in [-0.2, 0) is 31.4 Å². The molecule has 1 saturated heterocycles. The van der Waals surface area contributed by atoms with Crippen molar-refractivity contribution in [1.29, 1.82) is 0 Å². The van der Waals surface area contributed by atoms with E-state index in [4.69, 9.17) is 4.74 Å². The Hall–Kier alpha value is -2.50. The van der Waals surface area contributed by atoms with Crippen molar-refractivity contribution in [2.75, 3.05) is 38.7 Å². The van der Waals surface area contributed by atoms with Gasteiger partial charge in [0.1, 0.15) is 11.4 Å². The lowest BCUT2D eigenvalue weighted by Gasteiger charge is -2.29. The fraction of sp³-hybridized carbons (Fsp3) is 0.435. The summed E-state index contributed by atoms with van der Waals surface area (Å²) < 4.78 is 85.5. The molecule has 0 N–H and O–H groups in total. The first-order valence-electron chi connectivity index (χ1n) is 10.6. The number of halogens is 4. The number of alkyl halides is 3. The quantitative estimate of drug-likeness (QED) is 0.586. The van der Waals surface area contributed by atoms with Crippen molar-refractivity contribution in [2.24, 2.45) is 0 Å². The molecule has 0 aromatic heterocycles. The minimum Gasteiger partial charge on any atom is -0.372 e. The first-order valence-corrected chi connectivity index (χ1v) is 12.1. The van der Waals surface area contributed by atoms with E-state index in [1.807, 2.05) is 0 Å². The highest BCUT2D eigenvalue weighted by Crippen LogP contribution is 2.39. The lowest BCUT2D eigenvalue weighted by atomic mass is 9.92. The van der Waals surface area contributed by atoms with Crippen molar-refractivity contribution in [3.63, 3.8) is 0 Å². The van der Waals surface area contributed by atoms with Crippen molar-refractivity contribution in [2.45, 2.75) is 40.8 Å². The molecule has 184 valence electrons. The maximum Gasteiger partial charge on any atom is 0.401 e. The van der Waals surface area contributed by atoms with E-state index >= 15 is 0 Å². The van der Waals surface area contributed by atoms with Crippen molar-refractivity contribution >= 4 is 21.4 Å². The molecule has 34 heavy (non-hydrogen) atoms. The Morgan fingerprint density at radius 3 is 2.50 bits per heavy atom. The van der Waals surface area contributed by atoms with E-state index in [-0.39, 0.29) is 47.2 Å². The first kappa shape index (κ1) is 24.6. The van der Waals surface area contributed by atoms with Crippen LogP contribution in [0.25, 0.3) is 0 Å². The highest BCUT2D eigenvalue weighted by Gasteiger charge is 2.44. The van der Waals surface area contributed by atoms with Gasteiger partial charge in [-0.2, -0.15) is 13.2 Å². The van der Waals surface area contributed by atoms with E-state index in [1.165, 1.54) is 30.2 Å². The van der Waals surface area contributed by atoms with E-state index in [0.717, 1.165) is 17.0 Å². The third-order valence-corrected chi connectivity index (χ3v) is 8.25. The van der Waals surface area contributed by atoms with Crippen LogP contribution < -0.4 is 4.90 Å². The van der Waals surface area contributed by atoms with Crippen LogP contribution in [-0.4, -0.2) is 59.2 Å². The number of hydrogen-bond donors (Lipinski definition) is 0. The number of anilines is 1. The molecule has 4 rings (SSSR count). The highest BCUT2D eigenvalue weighted by atomic mass is 32.2. The Balaban J connectivity index is 1.70. The van der Waals surface area contributed by atoms with Crippen LogP contribution in [0, 0.1) is 5.82 Å². The molecule has 1 fully saturated rings. The average Bonchev–Trinajstić information content (AvgIpc) is 3.18. The van der Waals surface area contributed by atoms with Crippen LogP contribution in [0.1, 0.15) is 24.0 Å². The Bertz CT molecular complexity index is 1230. The second-order valence-corrected chi connectivity index (χ2v) is 10.6. The number of rotatable bonds is 5. The third-order valence-electron chi connectivity index (χ3n) is 6.52. The summed E-state index contributed by atoms with van der Waals surface area (Å²) in [5.41, 5.74) is 0.203. The predicted molar refractivity (Wildman–Crippen MR) is 116 cm³/mol. The zero-order chi connectivity index (χ0) is 24.9. The summed E-state index contributed by atoms with van der Waals surface area (Å²) in [6.45, 7) is -1.21. The van der Waals surface area contributed by atoms with Gasteiger partial charge in [-0.15, -0.1) is 0 Å². The van der Waals surface area contributed by atoms with Crippen molar-refractivity contribution < 1.29 is 35.5 Å². The van der Waals surface area contributed by atoms with E-state index in [1.54, 1.807) is 13.1 Å². The van der Waals surface area contributed by atoms with Crippen molar-refractivity contribution in [1.82, 2.24) is 4.90 Å². The van der Waals surface area contributed by atoms with Gasteiger partial charge >= 0.3 is 6.18 Å². The van der Waals surface area contributed by atoms with E-state index in [9.17, 15) is 30.8 Å². The maximum atomic E-state index is 14.6. The number of amides is 1. The molecule has 1 amide bonds. The van der Waals surface area contributed by atoms with Crippen LogP contribution in [0.3, 0.4) is 0 Å². The maximum absolute atomic E-state index is 14.6. The Kier molecular flexibility index (Phi) is 6.24. The summed E-state index contributed by atoms with van der Waals surface area (Å²) in [6, 6.07) is 7.65. The molecule has 0 radical (unpaired) electrons. The van der Waals surface area contributed by atoms with Gasteiger partial charge < -0.3 is 9.64 Å². The number of aryl methyl sites for hydroxylation is 1. The number of sulfone groups is 1. The van der Waals surface area contributed by atoms with Crippen LogP contribution in [0.15, 0.2) is 46.2 Å². The van der Waals surface area contributed by atoms with Crippen LogP contribution in [0.4, 0.5) is 23.2 Å². The molecule has 2 aromatic rings. The number of fused-ring (bicyclic) bond motifs is 1. The van der Waals surface area contributed by atoms with E-state index in [0.29, 0.717) is 17.7 Å². The lowest BCUT2D eigenvalue weighted by molar-refractivity contribution is -0.146. The van der Waals surface area contributed by atoms with Crippen LogP contribution >= 0.6 is 0 Å². The number of methoxy groups -OCH3 is 1. The fourth-order valence-corrected chi connectivity index (χ4v) is 6.05. The van der Waals surface area contributed by atoms with Crippen LogP contribution in [0.2, 0.25) is 0 Å². The van der Waals surface area contributed by atoms with Gasteiger partial charge in [-0.25, -0.2) is 12.8 Å². The Labute approximate surface area is 195 Å². The minimum atomic E-state index is -4.40. The van der Waals surface area contributed by atoms with Gasteiger partial charge in [0.25, 0.3) is 0 Å². The normalized spacial score (nSPS) is 21.7. The van der Waals surface area contributed by atoms with Crippen molar-refractivity contribution in [3.8, 4) is 0 Å². The summed E-state index contributed by atoms with van der Waals surface area (Å²) in [5, 5.41) is 0. The number of benzene rings is 2. The Morgan fingerprint density at radius 1 is 1.09 bits per heavy atom. The summed E-state index contributed by atoms with van der Waals surface area (Å²) in [7, 11) is -1.22. The molecule has 11 heteroatoms. The highest BCUT2D eigenvalue weighted by molar-refractivity contribution is 7.91. The summed E-state index contributed by atoms with van der Waals surface area (Å²) in [6.07, 6.45) is -3.60. The van der Waals surface area contributed by atoms with Gasteiger partial charge in [-0.1, -0.05) is 0 Å². The fourth-order valence-electron chi connectivity index (χ4n) is 4.68. The number of ether oxygens (including phenoxy) is 1. The predicted octanol–water partition coefficient (Wildman–Crippen LogP) is 3.68. The molecular weight excluding hydrogens is 476 g/mol. The lowest BCUT2D eigenvalue weighted by Crippen LogP contribution is -2.37. The molecule has 1 unspecified atom stereocenters. The minimum absolute atomic E-state index is 0.0536. The number of carbonyl (C=O) groups excluding carboxylic acids is 1.